The number of carbonyl (C=O) groups excluding carboxylic acids is 1. The van der Waals surface area contributed by atoms with Crippen molar-refractivity contribution in [2.45, 2.75) is 20.3 Å². The van der Waals surface area contributed by atoms with Gasteiger partial charge in [-0.3, -0.25) is 10.1 Å². The van der Waals surface area contributed by atoms with Crippen molar-refractivity contribution in [1.82, 2.24) is 4.98 Å². The van der Waals surface area contributed by atoms with Crippen LogP contribution < -0.4 is 14.8 Å². The lowest BCUT2D eigenvalue weighted by molar-refractivity contribution is -0.112. The van der Waals surface area contributed by atoms with E-state index in [0.29, 0.717) is 29.7 Å². The molecule has 3 rings (SSSR count). The van der Waals surface area contributed by atoms with Crippen LogP contribution in [0.3, 0.4) is 0 Å². The summed E-state index contributed by atoms with van der Waals surface area (Å²) < 4.78 is 12.0. The number of amides is 1. The van der Waals surface area contributed by atoms with Gasteiger partial charge in [-0.1, -0.05) is 24.3 Å². The molecule has 0 saturated carbocycles. The first-order chi connectivity index (χ1) is 10.2. The monoisotopic (exact) mass is 304 g/mol. The molecular formula is C15H16N2O3S. The van der Waals surface area contributed by atoms with Crippen LogP contribution in [0.25, 0.3) is 10.2 Å². The summed E-state index contributed by atoms with van der Waals surface area (Å²) >= 11 is 1.43. The Morgan fingerprint density at radius 3 is 2.81 bits per heavy atom. The van der Waals surface area contributed by atoms with Gasteiger partial charge in [0.15, 0.2) is 16.6 Å². The van der Waals surface area contributed by atoms with E-state index < -0.39 is 0 Å². The van der Waals surface area contributed by atoms with Gasteiger partial charge in [-0.05, 0) is 13.3 Å². The van der Waals surface area contributed by atoms with Crippen LogP contribution in [0.1, 0.15) is 20.3 Å². The number of hydrogen-bond donors (Lipinski definition) is 1. The molecule has 5 nitrogen and oxygen atoms in total. The maximum atomic E-state index is 12.0. The Labute approximate surface area is 126 Å². The third kappa shape index (κ3) is 2.85. The predicted molar refractivity (Wildman–Crippen MR) is 83.3 cm³/mol. The van der Waals surface area contributed by atoms with E-state index in [2.05, 4.69) is 10.3 Å². The highest BCUT2D eigenvalue weighted by Gasteiger charge is 2.16. The molecule has 110 valence electrons. The van der Waals surface area contributed by atoms with Gasteiger partial charge in [-0.15, -0.1) is 0 Å². The molecule has 0 unspecified atom stereocenters. The second-order valence-corrected chi connectivity index (χ2v) is 5.76. The smallest absolute Gasteiger partial charge is 0.252 e. The lowest BCUT2D eigenvalue weighted by atomic mass is 10.2. The van der Waals surface area contributed by atoms with E-state index >= 15 is 0 Å². The summed E-state index contributed by atoms with van der Waals surface area (Å²) in [5.41, 5.74) is 1.50. The van der Waals surface area contributed by atoms with Crippen molar-refractivity contribution in [3.63, 3.8) is 0 Å². The van der Waals surface area contributed by atoms with Gasteiger partial charge in [0.2, 0.25) is 0 Å². The standard InChI is InChI=1S/C15H16N2O3S/c1-3-4-9(2)14(18)17-15-16-10-7-11-12(8-13(10)21-15)20-6-5-19-11/h4,7-8H,3,5-6H2,1-2H3,(H,16,17,18)/b9-4-. The van der Waals surface area contributed by atoms with Gasteiger partial charge < -0.3 is 9.47 Å². The third-order valence-corrected chi connectivity index (χ3v) is 4.07. The molecule has 1 aromatic carbocycles. The van der Waals surface area contributed by atoms with E-state index in [9.17, 15) is 4.79 Å². The van der Waals surface area contributed by atoms with Crippen molar-refractivity contribution in [3.05, 3.63) is 23.8 Å². The number of benzene rings is 1. The minimum Gasteiger partial charge on any atom is -0.486 e. The predicted octanol–water partition coefficient (Wildman–Crippen LogP) is 3.36. The molecule has 0 atom stereocenters. The molecule has 1 N–H and O–H groups in total. The van der Waals surface area contributed by atoms with Crippen molar-refractivity contribution >= 4 is 32.6 Å². The fourth-order valence-electron chi connectivity index (χ4n) is 2.11. The summed E-state index contributed by atoms with van der Waals surface area (Å²) in [7, 11) is 0. The second kappa shape index (κ2) is 5.73. The topological polar surface area (TPSA) is 60.5 Å². The molecule has 1 amide bonds. The lowest BCUT2D eigenvalue weighted by Gasteiger charge is -2.17. The van der Waals surface area contributed by atoms with Crippen LogP contribution in [0.2, 0.25) is 0 Å². The zero-order valence-electron chi connectivity index (χ0n) is 11.9. The first kappa shape index (κ1) is 13.9. The molecule has 1 aliphatic heterocycles. The largest absolute Gasteiger partial charge is 0.486 e. The van der Waals surface area contributed by atoms with Crippen molar-refractivity contribution in [1.29, 1.82) is 0 Å². The van der Waals surface area contributed by atoms with Gasteiger partial charge in [-0.2, -0.15) is 0 Å². The van der Waals surface area contributed by atoms with Crippen LogP contribution >= 0.6 is 11.3 Å². The number of hydrogen-bond acceptors (Lipinski definition) is 5. The van der Waals surface area contributed by atoms with E-state index in [1.807, 2.05) is 25.1 Å². The maximum Gasteiger partial charge on any atom is 0.252 e. The van der Waals surface area contributed by atoms with Gasteiger partial charge in [0.05, 0.1) is 10.2 Å². The second-order valence-electron chi connectivity index (χ2n) is 4.73. The quantitative estimate of drug-likeness (QED) is 0.883. The molecule has 1 aliphatic rings. The number of anilines is 1. The van der Waals surface area contributed by atoms with Crippen molar-refractivity contribution in [3.8, 4) is 11.5 Å². The van der Waals surface area contributed by atoms with Crippen LogP contribution in [0, 0.1) is 0 Å². The molecule has 0 spiro atoms. The minimum absolute atomic E-state index is 0.117. The van der Waals surface area contributed by atoms with Crippen LogP contribution in [-0.4, -0.2) is 24.1 Å². The normalized spacial score (nSPS) is 14.3. The molecule has 0 bridgehead atoms. The summed E-state index contributed by atoms with van der Waals surface area (Å²) in [5.74, 6) is 1.32. The average Bonchev–Trinajstić information content (AvgIpc) is 2.85. The van der Waals surface area contributed by atoms with E-state index in [1.165, 1.54) is 11.3 Å². The molecule has 21 heavy (non-hydrogen) atoms. The van der Waals surface area contributed by atoms with Gasteiger partial charge in [-0.25, -0.2) is 4.98 Å². The highest BCUT2D eigenvalue weighted by molar-refractivity contribution is 7.22. The van der Waals surface area contributed by atoms with Gasteiger partial charge in [0, 0.05) is 17.7 Å². The molecule has 0 radical (unpaired) electrons. The fraction of sp³-hybridized carbons (Fsp3) is 0.333. The first-order valence-corrected chi connectivity index (χ1v) is 7.67. The maximum absolute atomic E-state index is 12.0. The Bertz CT molecular complexity index is 678. The Balaban J connectivity index is 1.87. The summed E-state index contributed by atoms with van der Waals surface area (Å²) in [6, 6.07) is 3.76. The minimum atomic E-state index is -0.117. The Morgan fingerprint density at radius 2 is 2.10 bits per heavy atom. The molecule has 2 aromatic rings. The zero-order valence-corrected chi connectivity index (χ0v) is 12.8. The Morgan fingerprint density at radius 1 is 1.38 bits per heavy atom. The molecule has 1 aromatic heterocycles. The molecule has 0 saturated heterocycles. The third-order valence-electron chi connectivity index (χ3n) is 3.14. The summed E-state index contributed by atoms with van der Waals surface area (Å²) in [6.07, 6.45) is 2.73. The molecule has 0 fully saturated rings. The van der Waals surface area contributed by atoms with E-state index in [0.717, 1.165) is 22.4 Å². The van der Waals surface area contributed by atoms with Crippen LogP contribution in [0.15, 0.2) is 23.8 Å². The molecular weight excluding hydrogens is 288 g/mol. The fourth-order valence-corrected chi connectivity index (χ4v) is 2.98. The van der Waals surface area contributed by atoms with Crippen molar-refractivity contribution in [2.24, 2.45) is 0 Å². The summed E-state index contributed by atoms with van der Waals surface area (Å²) in [5, 5.41) is 3.41. The van der Waals surface area contributed by atoms with Gasteiger partial charge in [0.1, 0.15) is 13.2 Å². The first-order valence-electron chi connectivity index (χ1n) is 6.85. The number of ether oxygens (including phenoxy) is 2. The molecule has 2 heterocycles. The van der Waals surface area contributed by atoms with Gasteiger partial charge >= 0.3 is 0 Å². The number of nitrogens with zero attached hydrogens (tertiary/aromatic N) is 1. The van der Waals surface area contributed by atoms with Crippen LogP contribution in [0.4, 0.5) is 5.13 Å². The zero-order chi connectivity index (χ0) is 14.8. The Hall–Kier alpha value is -2.08. The van der Waals surface area contributed by atoms with Crippen LogP contribution in [-0.2, 0) is 4.79 Å². The number of rotatable bonds is 3. The number of fused-ring (bicyclic) bond motifs is 2. The van der Waals surface area contributed by atoms with Gasteiger partial charge in [0.25, 0.3) is 5.91 Å². The molecule has 6 heteroatoms. The summed E-state index contributed by atoms with van der Waals surface area (Å²) in [4.78, 5) is 16.4. The number of thiazole rings is 1. The summed E-state index contributed by atoms with van der Waals surface area (Å²) in [6.45, 7) is 4.90. The van der Waals surface area contributed by atoms with Crippen molar-refractivity contribution < 1.29 is 14.3 Å². The van der Waals surface area contributed by atoms with Crippen LogP contribution in [0.5, 0.6) is 11.5 Å². The Kier molecular flexibility index (Phi) is 3.79. The van der Waals surface area contributed by atoms with E-state index in [1.54, 1.807) is 6.92 Å². The lowest BCUT2D eigenvalue weighted by Crippen LogP contribution is -2.15. The van der Waals surface area contributed by atoms with Crippen molar-refractivity contribution in [2.75, 3.05) is 18.5 Å². The highest BCUT2D eigenvalue weighted by atomic mass is 32.1. The van der Waals surface area contributed by atoms with E-state index in [4.69, 9.17) is 9.47 Å². The van der Waals surface area contributed by atoms with E-state index in [-0.39, 0.29) is 5.91 Å². The SMILES string of the molecule is CC/C=C(/C)C(=O)Nc1nc2cc3c(cc2s1)OCCO3. The number of carbonyl (C=O) groups is 1. The number of nitrogens with one attached hydrogen (secondary N) is 1. The molecule has 0 aliphatic carbocycles. The average molecular weight is 304 g/mol. The highest BCUT2D eigenvalue weighted by Crippen LogP contribution is 2.37. The number of aromatic nitrogens is 1. The number of allylic oxidation sites excluding steroid dienone is 1.